The van der Waals surface area contributed by atoms with Crippen LogP contribution < -0.4 is 10.6 Å². The molecule has 1 fully saturated rings. The van der Waals surface area contributed by atoms with Gasteiger partial charge in [-0.1, -0.05) is 67.4 Å². The molecule has 0 spiro atoms. The zero-order valence-electron chi connectivity index (χ0n) is 19.6. The number of benzene rings is 2. The van der Waals surface area contributed by atoms with Crippen LogP contribution in [0.5, 0.6) is 0 Å². The zero-order valence-corrected chi connectivity index (χ0v) is 21.1. The van der Waals surface area contributed by atoms with Crippen molar-refractivity contribution in [3.05, 3.63) is 69.7 Å². The molecule has 3 atom stereocenters. The molecule has 184 valence electrons. The topological polar surface area (TPSA) is 81.7 Å². The van der Waals surface area contributed by atoms with Crippen molar-refractivity contribution in [2.24, 2.45) is 5.92 Å². The van der Waals surface area contributed by atoms with Crippen molar-refractivity contribution in [2.75, 3.05) is 13.1 Å². The van der Waals surface area contributed by atoms with Crippen LogP contribution in [-0.2, 0) is 11.3 Å². The van der Waals surface area contributed by atoms with Gasteiger partial charge in [-0.3, -0.25) is 14.5 Å². The summed E-state index contributed by atoms with van der Waals surface area (Å²) in [6.07, 6.45) is 1.31. The van der Waals surface area contributed by atoms with E-state index in [1.54, 1.807) is 12.1 Å². The summed E-state index contributed by atoms with van der Waals surface area (Å²) in [5, 5.41) is 17.3. The van der Waals surface area contributed by atoms with Crippen molar-refractivity contribution in [1.82, 2.24) is 15.5 Å². The molecule has 0 aromatic heterocycles. The minimum Gasteiger partial charge on any atom is -0.390 e. The fraction of sp³-hybridized carbons (Fsp3) is 0.462. The van der Waals surface area contributed by atoms with E-state index >= 15 is 0 Å². The standard InChI is InChI=1S/C26H33Cl2N3O3/c1-17(2)13-23(30-25(33)19-10-11-20(27)21(28)14-19)26(34)29-22-9-6-12-31(16-24(22)32)15-18-7-4-3-5-8-18/h3-5,7-8,10-11,14,17,22-24,32H,6,9,12-13,15-16H2,1-2H3,(H,29,34)(H,30,33)/t22?,23-,24?/m0/s1. The van der Waals surface area contributed by atoms with E-state index in [1.165, 1.54) is 11.6 Å². The third-order valence-electron chi connectivity index (χ3n) is 5.99. The minimum absolute atomic E-state index is 0.185. The van der Waals surface area contributed by atoms with E-state index in [-0.39, 0.29) is 22.9 Å². The number of amides is 2. The van der Waals surface area contributed by atoms with Crippen LogP contribution in [0.2, 0.25) is 10.0 Å². The van der Waals surface area contributed by atoms with Gasteiger partial charge in [0, 0.05) is 18.7 Å². The second-order valence-electron chi connectivity index (χ2n) is 9.33. The first-order valence-electron chi connectivity index (χ1n) is 11.7. The first-order chi connectivity index (χ1) is 16.2. The Morgan fingerprint density at radius 1 is 1.12 bits per heavy atom. The molecule has 2 amide bonds. The van der Waals surface area contributed by atoms with E-state index < -0.39 is 18.1 Å². The van der Waals surface area contributed by atoms with Crippen molar-refractivity contribution >= 4 is 35.0 Å². The Hall–Kier alpha value is -2.12. The van der Waals surface area contributed by atoms with Gasteiger partial charge in [0.2, 0.25) is 5.91 Å². The van der Waals surface area contributed by atoms with Gasteiger partial charge >= 0.3 is 0 Å². The maximum atomic E-state index is 13.2. The van der Waals surface area contributed by atoms with Crippen LogP contribution in [0.3, 0.4) is 0 Å². The van der Waals surface area contributed by atoms with Gasteiger partial charge in [0.1, 0.15) is 6.04 Å². The highest BCUT2D eigenvalue weighted by Crippen LogP contribution is 2.23. The number of aliphatic hydroxyl groups excluding tert-OH is 1. The van der Waals surface area contributed by atoms with Crippen LogP contribution in [0.1, 0.15) is 49.0 Å². The number of carbonyl (C=O) groups is 2. The Kier molecular flexibility index (Phi) is 9.77. The minimum atomic E-state index is -0.724. The molecule has 0 bridgehead atoms. The summed E-state index contributed by atoms with van der Waals surface area (Å²) < 4.78 is 0. The van der Waals surface area contributed by atoms with E-state index in [1.807, 2.05) is 32.0 Å². The molecule has 1 aliphatic heterocycles. The normalized spacial score (nSPS) is 19.9. The van der Waals surface area contributed by atoms with Crippen LogP contribution in [0, 0.1) is 5.92 Å². The SMILES string of the molecule is CC(C)C[C@H](NC(=O)c1ccc(Cl)c(Cl)c1)C(=O)NC1CCCN(Cc2ccccc2)CC1O. The van der Waals surface area contributed by atoms with Gasteiger partial charge in [0.25, 0.3) is 5.91 Å². The molecule has 2 aromatic rings. The van der Waals surface area contributed by atoms with Gasteiger partial charge in [-0.15, -0.1) is 0 Å². The quantitative estimate of drug-likeness (QED) is 0.499. The van der Waals surface area contributed by atoms with E-state index in [4.69, 9.17) is 23.2 Å². The van der Waals surface area contributed by atoms with E-state index in [0.29, 0.717) is 30.0 Å². The lowest BCUT2D eigenvalue weighted by Crippen LogP contribution is -2.53. The number of halogens is 2. The Bertz CT molecular complexity index is 971. The predicted molar refractivity (Wildman–Crippen MR) is 136 cm³/mol. The second-order valence-corrected chi connectivity index (χ2v) is 10.1. The highest BCUT2D eigenvalue weighted by atomic mass is 35.5. The largest absolute Gasteiger partial charge is 0.390 e. The van der Waals surface area contributed by atoms with Crippen LogP contribution in [0.15, 0.2) is 48.5 Å². The van der Waals surface area contributed by atoms with E-state index in [0.717, 1.165) is 19.5 Å². The summed E-state index contributed by atoms with van der Waals surface area (Å²) >= 11 is 12.0. The average Bonchev–Trinajstić information content (AvgIpc) is 2.96. The zero-order chi connectivity index (χ0) is 24.7. The van der Waals surface area contributed by atoms with Crippen molar-refractivity contribution in [1.29, 1.82) is 0 Å². The van der Waals surface area contributed by atoms with Crippen LogP contribution in [0.4, 0.5) is 0 Å². The molecule has 2 aromatic carbocycles. The van der Waals surface area contributed by atoms with Crippen molar-refractivity contribution in [2.45, 2.75) is 57.8 Å². The summed E-state index contributed by atoms with van der Waals surface area (Å²) in [6, 6.07) is 13.7. The number of likely N-dealkylation sites (tertiary alicyclic amines) is 1. The molecular formula is C26H33Cl2N3O3. The summed E-state index contributed by atoms with van der Waals surface area (Å²) in [6.45, 7) is 6.07. The lowest BCUT2D eigenvalue weighted by molar-refractivity contribution is -0.125. The number of aliphatic hydroxyl groups is 1. The third-order valence-corrected chi connectivity index (χ3v) is 6.73. The smallest absolute Gasteiger partial charge is 0.251 e. The third kappa shape index (κ3) is 7.70. The number of carbonyl (C=O) groups excluding carboxylic acids is 2. The first kappa shape index (κ1) is 26.5. The summed E-state index contributed by atoms with van der Waals surface area (Å²) in [5.41, 5.74) is 1.53. The molecule has 8 heteroatoms. The number of β-amino-alcohol motifs (C(OH)–C–C–N with tert-alkyl or cyclic N) is 1. The lowest BCUT2D eigenvalue weighted by Gasteiger charge is -2.27. The average molecular weight is 506 g/mol. The summed E-state index contributed by atoms with van der Waals surface area (Å²) in [5.74, 6) is -0.497. The molecule has 1 heterocycles. The monoisotopic (exact) mass is 505 g/mol. The van der Waals surface area contributed by atoms with Gasteiger partial charge < -0.3 is 15.7 Å². The summed E-state index contributed by atoms with van der Waals surface area (Å²) in [4.78, 5) is 28.2. The van der Waals surface area contributed by atoms with Gasteiger partial charge in [0.05, 0.1) is 22.2 Å². The molecule has 3 N–H and O–H groups in total. The van der Waals surface area contributed by atoms with Crippen LogP contribution in [-0.4, -0.2) is 53.1 Å². The van der Waals surface area contributed by atoms with Gasteiger partial charge in [-0.2, -0.15) is 0 Å². The highest BCUT2D eigenvalue weighted by Gasteiger charge is 2.30. The van der Waals surface area contributed by atoms with Crippen LogP contribution >= 0.6 is 23.2 Å². The molecule has 0 aliphatic carbocycles. The van der Waals surface area contributed by atoms with E-state index in [9.17, 15) is 14.7 Å². The fourth-order valence-corrected chi connectivity index (χ4v) is 4.53. The molecule has 34 heavy (non-hydrogen) atoms. The van der Waals surface area contributed by atoms with Crippen molar-refractivity contribution < 1.29 is 14.7 Å². The predicted octanol–water partition coefficient (Wildman–Crippen LogP) is 4.28. The lowest BCUT2D eigenvalue weighted by atomic mass is 10.0. The molecule has 1 saturated heterocycles. The molecule has 6 nitrogen and oxygen atoms in total. The van der Waals surface area contributed by atoms with Gasteiger partial charge in [0.15, 0.2) is 0 Å². The molecule has 0 saturated carbocycles. The second kappa shape index (κ2) is 12.5. The maximum absolute atomic E-state index is 13.2. The molecule has 2 unspecified atom stereocenters. The van der Waals surface area contributed by atoms with Crippen LogP contribution in [0.25, 0.3) is 0 Å². The van der Waals surface area contributed by atoms with Gasteiger partial charge in [-0.05, 0) is 55.5 Å². The fourth-order valence-electron chi connectivity index (χ4n) is 4.23. The number of hydrogen-bond acceptors (Lipinski definition) is 4. The first-order valence-corrected chi connectivity index (χ1v) is 12.5. The number of hydrogen-bond donors (Lipinski definition) is 3. The van der Waals surface area contributed by atoms with Gasteiger partial charge in [-0.25, -0.2) is 0 Å². The van der Waals surface area contributed by atoms with E-state index in [2.05, 4.69) is 27.7 Å². The molecule has 3 rings (SSSR count). The highest BCUT2D eigenvalue weighted by molar-refractivity contribution is 6.42. The van der Waals surface area contributed by atoms with Crippen molar-refractivity contribution in [3.63, 3.8) is 0 Å². The van der Waals surface area contributed by atoms with Crippen molar-refractivity contribution in [3.8, 4) is 0 Å². The molecular weight excluding hydrogens is 473 g/mol. The maximum Gasteiger partial charge on any atom is 0.251 e. The molecule has 1 aliphatic rings. The number of rotatable bonds is 8. The Balaban J connectivity index is 1.62. The molecule has 0 radical (unpaired) electrons. The summed E-state index contributed by atoms with van der Waals surface area (Å²) in [7, 11) is 0. The Morgan fingerprint density at radius 2 is 1.85 bits per heavy atom. The Labute approximate surface area is 211 Å². The number of nitrogens with zero attached hydrogens (tertiary/aromatic N) is 1. The number of nitrogens with one attached hydrogen (secondary N) is 2. The Morgan fingerprint density at radius 3 is 2.53 bits per heavy atom.